The van der Waals surface area contributed by atoms with Gasteiger partial charge in [0.25, 0.3) is 0 Å². The monoisotopic (exact) mass is 293 g/mol. The van der Waals surface area contributed by atoms with Crippen molar-refractivity contribution in [2.24, 2.45) is 5.92 Å². The third-order valence-electron chi connectivity index (χ3n) is 3.16. The van der Waals surface area contributed by atoms with Crippen molar-refractivity contribution in [2.45, 2.75) is 12.8 Å². The SMILES string of the molecule is CN(C)C(=O)NCCNc1ccc(N)c(OCC2CC2)n1. The molecule has 2 amide bonds. The van der Waals surface area contributed by atoms with Crippen LogP contribution in [0.2, 0.25) is 0 Å². The quantitative estimate of drug-likeness (QED) is 0.656. The summed E-state index contributed by atoms with van der Waals surface area (Å²) >= 11 is 0. The van der Waals surface area contributed by atoms with Gasteiger partial charge in [0, 0.05) is 27.2 Å². The number of urea groups is 1. The highest BCUT2D eigenvalue weighted by Crippen LogP contribution is 2.30. The first kappa shape index (κ1) is 15.2. The highest BCUT2D eigenvalue weighted by molar-refractivity contribution is 5.73. The number of nitrogens with zero attached hydrogens (tertiary/aromatic N) is 2. The molecule has 0 radical (unpaired) electrons. The Morgan fingerprint density at radius 1 is 1.43 bits per heavy atom. The molecule has 0 aliphatic heterocycles. The number of rotatable bonds is 7. The maximum absolute atomic E-state index is 11.3. The minimum atomic E-state index is -0.115. The number of hydrogen-bond donors (Lipinski definition) is 3. The Kier molecular flexibility index (Phi) is 5.08. The zero-order valence-electron chi connectivity index (χ0n) is 12.6. The number of amides is 2. The number of nitrogens with one attached hydrogen (secondary N) is 2. The summed E-state index contributed by atoms with van der Waals surface area (Å²) in [5.74, 6) is 1.82. The molecule has 1 fully saturated rings. The second kappa shape index (κ2) is 7.01. The fourth-order valence-corrected chi connectivity index (χ4v) is 1.66. The van der Waals surface area contributed by atoms with E-state index >= 15 is 0 Å². The molecule has 0 spiro atoms. The van der Waals surface area contributed by atoms with Crippen LogP contribution in [-0.2, 0) is 0 Å². The number of anilines is 2. The van der Waals surface area contributed by atoms with Gasteiger partial charge in [-0.2, -0.15) is 4.98 Å². The molecule has 1 aromatic heterocycles. The van der Waals surface area contributed by atoms with E-state index in [9.17, 15) is 4.79 Å². The lowest BCUT2D eigenvalue weighted by molar-refractivity contribution is 0.218. The topological polar surface area (TPSA) is 92.5 Å². The molecular formula is C14H23N5O2. The average Bonchev–Trinajstić information content (AvgIpc) is 3.27. The third kappa shape index (κ3) is 5.02. The minimum Gasteiger partial charge on any atom is -0.476 e. The number of aromatic nitrogens is 1. The van der Waals surface area contributed by atoms with Gasteiger partial charge in [0.1, 0.15) is 5.82 Å². The number of hydrogen-bond acceptors (Lipinski definition) is 5. The van der Waals surface area contributed by atoms with Gasteiger partial charge in [0.2, 0.25) is 5.88 Å². The van der Waals surface area contributed by atoms with Crippen LogP contribution in [0, 0.1) is 5.92 Å². The van der Waals surface area contributed by atoms with Crippen LogP contribution in [0.1, 0.15) is 12.8 Å². The van der Waals surface area contributed by atoms with Crippen molar-refractivity contribution >= 4 is 17.5 Å². The van der Waals surface area contributed by atoms with E-state index in [0.29, 0.717) is 43.0 Å². The molecule has 2 rings (SSSR count). The predicted molar refractivity (Wildman–Crippen MR) is 82.4 cm³/mol. The van der Waals surface area contributed by atoms with Crippen molar-refractivity contribution < 1.29 is 9.53 Å². The van der Waals surface area contributed by atoms with E-state index in [1.165, 1.54) is 17.7 Å². The van der Waals surface area contributed by atoms with Crippen LogP contribution in [-0.4, -0.2) is 49.7 Å². The summed E-state index contributed by atoms with van der Waals surface area (Å²) in [5, 5.41) is 5.90. The van der Waals surface area contributed by atoms with E-state index in [0.717, 1.165) is 0 Å². The van der Waals surface area contributed by atoms with Gasteiger partial charge in [-0.15, -0.1) is 0 Å². The van der Waals surface area contributed by atoms with Crippen LogP contribution in [0.25, 0.3) is 0 Å². The van der Waals surface area contributed by atoms with Gasteiger partial charge in [0.05, 0.1) is 12.3 Å². The molecule has 1 aliphatic carbocycles. The Balaban J connectivity index is 1.77. The number of nitrogens with two attached hydrogens (primary N) is 1. The second-order valence-electron chi connectivity index (χ2n) is 5.40. The molecule has 1 aromatic rings. The minimum absolute atomic E-state index is 0.115. The lowest BCUT2D eigenvalue weighted by Gasteiger charge is -2.13. The summed E-state index contributed by atoms with van der Waals surface area (Å²) in [4.78, 5) is 17.2. The van der Waals surface area contributed by atoms with Gasteiger partial charge >= 0.3 is 6.03 Å². The number of nitrogen functional groups attached to an aromatic ring is 1. The summed E-state index contributed by atoms with van der Waals surface area (Å²) in [6.07, 6.45) is 2.45. The summed E-state index contributed by atoms with van der Waals surface area (Å²) in [5.41, 5.74) is 6.39. The van der Waals surface area contributed by atoms with Crippen molar-refractivity contribution in [2.75, 3.05) is 44.8 Å². The largest absolute Gasteiger partial charge is 0.476 e. The zero-order valence-corrected chi connectivity index (χ0v) is 12.6. The fraction of sp³-hybridized carbons (Fsp3) is 0.571. The van der Waals surface area contributed by atoms with Crippen LogP contribution in [0.4, 0.5) is 16.3 Å². The number of carbonyl (C=O) groups is 1. The van der Waals surface area contributed by atoms with Gasteiger partial charge < -0.3 is 26.0 Å². The maximum atomic E-state index is 11.3. The molecule has 1 aliphatic rings. The van der Waals surface area contributed by atoms with E-state index in [2.05, 4.69) is 15.6 Å². The summed E-state index contributed by atoms with van der Waals surface area (Å²) in [7, 11) is 3.40. The van der Waals surface area contributed by atoms with E-state index in [1.807, 2.05) is 0 Å². The Morgan fingerprint density at radius 3 is 2.86 bits per heavy atom. The smallest absolute Gasteiger partial charge is 0.316 e. The first-order chi connectivity index (χ1) is 10.1. The molecule has 7 heteroatoms. The molecule has 7 nitrogen and oxygen atoms in total. The lowest BCUT2D eigenvalue weighted by atomic mass is 10.4. The van der Waals surface area contributed by atoms with Crippen LogP contribution >= 0.6 is 0 Å². The Hall–Kier alpha value is -2.18. The first-order valence-electron chi connectivity index (χ1n) is 7.14. The lowest BCUT2D eigenvalue weighted by Crippen LogP contribution is -2.37. The Bertz CT molecular complexity index is 488. The number of pyridine rings is 1. The molecule has 0 unspecified atom stereocenters. The van der Waals surface area contributed by atoms with Gasteiger partial charge in [-0.25, -0.2) is 4.79 Å². The van der Waals surface area contributed by atoms with E-state index in [-0.39, 0.29) is 6.03 Å². The van der Waals surface area contributed by atoms with Crippen LogP contribution in [0.3, 0.4) is 0 Å². The zero-order chi connectivity index (χ0) is 15.2. The molecule has 1 saturated carbocycles. The van der Waals surface area contributed by atoms with Crippen LogP contribution < -0.4 is 21.1 Å². The third-order valence-corrected chi connectivity index (χ3v) is 3.16. The first-order valence-corrected chi connectivity index (χ1v) is 7.14. The van der Waals surface area contributed by atoms with E-state index in [4.69, 9.17) is 10.5 Å². The summed E-state index contributed by atoms with van der Waals surface area (Å²) in [6, 6.07) is 3.46. The standard InChI is InChI=1S/C14H23N5O2/c1-19(2)14(20)17-8-7-16-12-6-5-11(15)13(18-12)21-9-10-3-4-10/h5-6,10H,3-4,7-9,15H2,1-2H3,(H,16,18)(H,17,20). The normalized spacial score (nSPS) is 13.6. The second-order valence-corrected chi connectivity index (χ2v) is 5.40. The number of ether oxygens (including phenoxy) is 1. The molecule has 1 heterocycles. The molecule has 0 saturated heterocycles. The molecule has 21 heavy (non-hydrogen) atoms. The van der Waals surface area contributed by atoms with Crippen molar-refractivity contribution in [3.05, 3.63) is 12.1 Å². The van der Waals surface area contributed by atoms with Gasteiger partial charge in [0.15, 0.2) is 0 Å². The highest BCUT2D eigenvalue weighted by atomic mass is 16.5. The molecule has 4 N–H and O–H groups in total. The molecule has 116 valence electrons. The predicted octanol–water partition coefficient (Wildman–Crippen LogP) is 1.14. The Morgan fingerprint density at radius 2 is 2.19 bits per heavy atom. The fourth-order valence-electron chi connectivity index (χ4n) is 1.66. The Labute approximate surface area is 124 Å². The van der Waals surface area contributed by atoms with Crippen molar-refractivity contribution in [3.8, 4) is 5.88 Å². The van der Waals surface area contributed by atoms with Crippen LogP contribution in [0.15, 0.2) is 12.1 Å². The van der Waals surface area contributed by atoms with Gasteiger partial charge in [-0.1, -0.05) is 0 Å². The highest BCUT2D eigenvalue weighted by Gasteiger charge is 2.22. The van der Waals surface area contributed by atoms with Crippen molar-refractivity contribution in [1.82, 2.24) is 15.2 Å². The number of carbonyl (C=O) groups excluding carboxylic acids is 1. The van der Waals surface area contributed by atoms with Crippen LogP contribution in [0.5, 0.6) is 5.88 Å². The molecule has 0 bridgehead atoms. The van der Waals surface area contributed by atoms with E-state index < -0.39 is 0 Å². The maximum Gasteiger partial charge on any atom is 0.316 e. The average molecular weight is 293 g/mol. The van der Waals surface area contributed by atoms with E-state index in [1.54, 1.807) is 26.2 Å². The molecular weight excluding hydrogens is 270 g/mol. The van der Waals surface area contributed by atoms with Crippen molar-refractivity contribution in [1.29, 1.82) is 0 Å². The molecule has 0 atom stereocenters. The van der Waals surface area contributed by atoms with Gasteiger partial charge in [-0.05, 0) is 30.9 Å². The molecule has 0 aromatic carbocycles. The summed E-state index contributed by atoms with van der Waals surface area (Å²) in [6.45, 7) is 1.78. The summed E-state index contributed by atoms with van der Waals surface area (Å²) < 4.78 is 5.62. The van der Waals surface area contributed by atoms with Crippen molar-refractivity contribution in [3.63, 3.8) is 0 Å². The van der Waals surface area contributed by atoms with Gasteiger partial charge in [-0.3, -0.25) is 0 Å².